The molecular formula is C23H29N3O6S. The minimum Gasteiger partial charge on any atom is -0.468 e. The van der Waals surface area contributed by atoms with Gasteiger partial charge in [0, 0.05) is 41.3 Å². The van der Waals surface area contributed by atoms with Gasteiger partial charge in [0.15, 0.2) is 0 Å². The van der Waals surface area contributed by atoms with Crippen molar-refractivity contribution in [3.63, 3.8) is 0 Å². The number of hydrogen-bond donors (Lipinski definition) is 1. The first-order chi connectivity index (χ1) is 15.9. The summed E-state index contributed by atoms with van der Waals surface area (Å²) in [6.45, 7) is 4.59. The maximum Gasteiger partial charge on any atom is 0.336 e. The highest BCUT2D eigenvalue weighted by Gasteiger charge is 2.43. The average molecular weight is 476 g/mol. The summed E-state index contributed by atoms with van der Waals surface area (Å²) in [4.78, 5) is 41.4. The van der Waals surface area contributed by atoms with E-state index in [1.54, 1.807) is 37.7 Å². The Kier molecular flexibility index (Phi) is 8.62. The van der Waals surface area contributed by atoms with Crippen LogP contribution in [0.2, 0.25) is 0 Å². The number of esters is 2. The van der Waals surface area contributed by atoms with Crippen LogP contribution in [0.5, 0.6) is 0 Å². The van der Waals surface area contributed by atoms with Crippen LogP contribution in [0, 0.1) is 16.0 Å². The Morgan fingerprint density at radius 1 is 1.36 bits per heavy atom. The van der Waals surface area contributed by atoms with Crippen LogP contribution in [0.15, 0.2) is 40.5 Å². The van der Waals surface area contributed by atoms with Gasteiger partial charge in [-0.05, 0) is 38.8 Å². The highest BCUT2D eigenvalue weighted by atomic mass is 32.2. The highest BCUT2D eigenvalue weighted by Crippen LogP contribution is 2.41. The van der Waals surface area contributed by atoms with E-state index in [-0.39, 0.29) is 17.9 Å². The molecule has 0 aliphatic carbocycles. The van der Waals surface area contributed by atoms with E-state index in [0.717, 1.165) is 25.1 Å². The van der Waals surface area contributed by atoms with Crippen LogP contribution in [0.4, 0.5) is 5.69 Å². The SMILES string of the molecule is CCOC(=O)C1=C(CSCC2CCCN2)N=C(C)C(C(=O)OC)C1c1cccc([N+](=O)[O-])c1. The van der Waals surface area contributed by atoms with Crippen molar-refractivity contribution in [2.45, 2.75) is 38.6 Å². The second-order valence-electron chi connectivity index (χ2n) is 7.97. The lowest BCUT2D eigenvalue weighted by atomic mass is 9.75. The fourth-order valence-electron chi connectivity index (χ4n) is 4.32. The topological polar surface area (TPSA) is 120 Å². The normalized spacial score (nSPS) is 22.6. The maximum absolute atomic E-state index is 13.1. The zero-order valence-electron chi connectivity index (χ0n) is 19.0. The Bertz CT molecular complexity index is 971. The number of hydrogen-bond acceptors (Lipinski definition) is 9. The fraction of sp³-hybridized carbons (Fsp3) is 0.522. The number of nitrogens with one attached hydrogen (secondary N) is 1. The van der Waals surface area contributed by atoms with E-state index in [1.807, 2.05) is 0 Å². The zero-order chi connectivity index (χ0) is 24.0. The van der Waals surface area contributed by atoms with Gasteiger partial charge in [0.25, 0.3) is 5.69 Å². The molecule has 0 radical (unpaired) electrons. The third-order valence-corrected chi connectivity index (χ3v) is 6.94. The summed E-state index contributed by atoms with van der Waals surface area (Å²) in [7, 11) is 1.27. The quantitative estimate of drug-likeness (QED) is 0.328. The molecule has 0 amide bonds. The molecule has 0 spiro atoms. The number of benzene rings is 1. The molecule has 1 saturated heterocycles. The van der Waals surface area contributed by atoms with E-state index in [9.17, 15) is 19.7 Å². The molecule has 1 N–H and O–H groups in total. The van der Waals surface area contributed by atoms with Gasteiger partial charge in [-0.25, -0.2) is 4.79 Å². The molecule has 0 saturated carbocycles. The number of nitrogens with zero attached hydrogens (tertiary/aromatic N) is 2. The van der Waals surface area contributed by atoms with E-state index in [4.69, 9.17) is 9.47 Å². The van der Waals surface area contributed by atoms with Crippen LogP contribution >= 0.6 is 11.8 Å². The monoisotopic (exact) mass is 475 g/mol. The number of carbonyl (C=O) groups excluding carboxylic acids is 2. The van der Waals surface area contributed by atoms with Gasteiger partial charge >= 0.3 is 11.9 Å². The van der Waals surface area contributed by atoms with Gasteiger partial charge in [0.2, 0.25) is 0 Å². The van der Waals surface area contributed by atoms with Crippen molar-refractivity contribution in [3.8, 4) is 0 Å². The molecule has 1 fully saturated rings. The summed E-state index contributed by atoms with van der Waals surface area (Å²) in [6, 6.07) is 6.42. The van der Waals surface area contributed by atoms with Crippen LogP contribution in [0.3, 0.4) is 0 Å². The smallest absolute Gasteiger partial charge is 0.336 e. The Balaban J connectivity index is 2.06. The Hall–Kier alpha value is -2.72. The number of methoxy groups -OCH3 is 1. The molecule has 3 unspecified atom stereocenters. The predicted molar refractivity (Wildman–Crippen MR) is 126 cm³/mol. The largest absolute Gasteiger partial charge is 0.468 e. The minimum atomic E-state index is -0.887. The third-order valence-electron chi connectivity index (χ3n) is 5.83. The van der Waals surface area contributed by atoms with Crippen molar-refractivity contribution in [1.82, 2.24) is 5.32 Å². The van der Waals surface area contributed by atoms with Crippen molar-refractivity contribution >= 4 is 35.1 Å². The number of thioether (sulfide) groups is 1. The van der Waals surface area contributed by atoms with Gasteiger partial charge in [-0.2, -0.15) is 11.8 Å². The predicted octanol–water partition coefficient (Wildman–Crippen LogP) is 3.24. The first-order valence-electron chi connectivity index (χ1n) is 11.0. The van der Waals surface area contributed by atoms with Gasteiger partial charge in [0.1, 0.15) is 5.92 Å². The number of nitro groups is 1. The third kappa shape index (κ3) is 5.80. The molecule has 10 heteroatoms. The first kappa shape index (κ1) is 24.9. The van der Waals surface area contributed by atoms with Gasteiger partial charge < -0.3 is 14.8 Å². The lowest BCUT2D eigenvalue weighted by molar-refractivity contribution is -0.384. The lowest BCUT2D eigenvalue weighted by Crippen LogP contribution is -2.36. The van der Waals surface area contributed by atoms with Gasteiger partial charge in [-0.15, -0.1) is 0 Å². The lowest BCUT2D eigenvalue weighted by Gasteiger charge is -2.32. The summed E-state index contributed by atoms with van der Waals surface area (Å²) in [5.41, 5.74) is 1.64. The van der Waals surface area contributed by atoms with Crippen molar-refractivity contribution < 1.29 is 24.0 Å². The molecule has 1 aromatic rings. The maximum atomic E-state index is 13.1. The van der Waals surface area contributed by atoms with Crippen LogP contribution in [-0.4, -0.2) is 60.4 Å². The Morgan fingerprint density at radius 3 is 2.79 bits per heavy atom. The van der Waals surface area contributed by atoms with Gasteiger partial charge in [0.05, 0.1) is 29.9 Å². The molecule has 2 aliphatic heterocycles. The van der Waals surface area contributed by atoms with Crippen LogP contribution < -0.4 is 5.32 Å². The molecule has 0 bridgehead atoms. The standard InChI is InChI=1S/C23H29N3O6S/c1-4-32-23(28)21-18(13-33-12-16-8-6-10-24-16)25-14(2)19(22(27)31-3)20(21)15-7-5-9-17(11-15)26(29)30/h5,7,9,11,16,19-20,24H,4,6,8,10,12-13H2,1-3H3. The molecule has 0 aromatic heterocycles. The van der Waals surface area contributed by atoms with E-state index in [0.29, 0.717) is 28.8 Å². The minimum absolute atomic E-state index is 0.122. The second-order valence-corrected chi connectivity index (χ2v) is 9.00. The molecule has 178 valence electrons. The second kappa shape index (κ2) is 11.4. The molecular weight excluding hydrogens is 446 g/mol. The van der Waals surface area contributed by atoms with Crippen molar-refractivity contribution in [3.05, 3.63) is 51.2 Å². The molecule has 2 aliphatic rings. The molecule has 3 atom stereocenters. The number of non-ortho nitro benzene ring substituents is 1. The summed E-state index contributed by atoms with van der Waals surface area (Å²) in [5.74, 6) is -1.49. The van der Waals surface area contributed by atoms with Crippen molar-refractivity contribution in [2.24, 2.45) is 10.9 Å². The van der Waals surface area contributed by atoms with E-state index >= 15 is 0 Å². The molecule has 3 rings (SSSR count). The molecule has 1 aromatic carbocycles. The summed E-state index contributed by atoms with van der Waals surface area (Å²) >= 11 is 1.66. The number of ether oxygens (including phenoxy) is 2. The Labute approximate surface area is 197 Å². The summed E-state index contributed by atoms with van der Waals surface area (Å²) in [6.07, 6.45) is 2.26. The van der Waals surface area contributed by atoms with Gasteiger partial charge in [-0.1, -0.05) is 12.1 Å². The Morgan fingerprint density at radius 2 is 2.15 bits per heavy atom. The summed E-state index contributed by atoms with van der Waals surface area (Å²) < 4.78 is 10.4. The molecule has 2 heterocycles. The van der Waals surface area contributed by atoms with Crippen LogP contribution in [0.1, 0.15) is 38.2 Å². The average Bonchev–Trinajstić information content (AvgIpc) is 3.32. The highest BCUT2D eigenvalue weighted by molar-refractivity contribution is 7.99. The number of rotatable bonds is 9. The van der Waals surface area contributed by atoms with Gasteiger partial charge in [-0.3, -0.25) is 19.9 Å². The number of aliphatic imine (C=N–C) groups is 1. The summed E-state index contributed by atoms with van der Waals surface area (Å²) in [5, 5.41) is 14.8. The van der Waals surface area contributed by atoms with Crippen LogP contribution in [-0.2, 0) is 19.1 Å². The van der Waals surface area contributed by atoms with E-state index in [2.05, 4.69) is 10.3 Å². The van der Waals surface area contributed by atoms with Crippen molar-refractivity contribution in [2.75, 3.05) is 31.8 Å². The molecule has 9 nitrogen and oxygen atoms in total. The van der Waals surface area contributed by atoms with Crippen molar-refractivity contribution in [1.29, 1.82) is 0 Å². The van der Waals surface area contributed by atoms with E-state index < -0.39 is 28.7 Å². The number of carbonyl (C=O) groups is 2. The fourth-order valence-corrected chi connectivity index (χ4v) is 5.42. The zero-order valence-corrected chi connectivity index (χ0v) is 19.9. The first-order valence-corrected chi connectivity index (χ1v) is 12.1. The molecule has 33 heavy (non-hydrogen) atoms. The number of nitro benzene ring substituents is 1. The van der Waals surface area contributed by atoms with Crippen LogP contribution in [0.25, 0.3) is 0 Å². The van der Waals surface area contributed by atoms with E-state index in [1.165, 1.54) is 19.2 Å².